The molecule has 0 saturated heterocycles. The first-order valence-corrected chi connectivity index (χ1v) is 12.3. The Labute approximate surface area is 213 Å². The minimum Gasteiger partial charge on any atom is -0.477 e. The van der Waals surface area contributed by atoms with Crippen molar-refractivity contribution in [1.29, 1.82) is 0 Å². The highest BCUT2D eigenvalue weighted by atomic mass is 32.2. The number of hydrogen-bond acceptors (Lipinski definition) is 8. The third kappa shape index (κ3) is 6.03. The van der Waals surface area contributed by atoms with Crippen molar-refractivity contribution in [3.05, 3.63) is 58.5 Å². The summed E-state index contributed by atoms with van der Waals surface area (Å²) < 4.78 is 101. The van der Waals surface area contributed by atoms with Crippen LogP contribution < -0.4 is 10.9 Å². The van der Waals surface area contributed by atoms with Gasteiger partial charge in [0.15, 0.2) is 20.7 Å². The Morgan fingerprint density at radius 1 is 1.05 bits per heavy atom. The smallest absolute Gasteiger partial charge is 0.433 e. The predicted octanol–water partition coefficient (Wildman–Crippen LogP) is 4.12. The quantitative estimate of drug-likeness (QED) is 0.303. The molecule has 4 rings (SSSR count). The molecule has 0 saturated carbocycles. The highest BCUT2D eigenvalue weighted by Gasteiger charge is 2.36. The fourth-order valence-electron chi connectivity index (χ4n) is 3.27. The number of hydrogen-bond donors (Lipinski definition) is 3. The van der Waals surface area contributed by atoms with Crippen LogP contribution in [0.5, 0.6) is 0 Å². The molecule has 1 aromatic carbocycles. The molecule has 0 fully saturated rings. The number of thiazole rings is 1. The van der Waals surface area contributed by atoms with E-state index < -0.39 is 50.8 Å². The zero-order valence-corrected chi connectivity index (χ0v) is 20.7. The molecule has 3 heterocycles. The molecule has 0 bridgehead atoms. The second-order valence-electron chi connectivity index (χ2n) is 7.62. The number of benzene rings is 1. The number of sulfonamides is 1. The molecule has 204 valence electrons. The lowest BCUT2D eigenvalue weighted by Crippen LogP contribution is -2.14. The molecule has 0 aliphatic rings. The van der Waals surface area contributed by atoms with E-state index >= 15 is 0 Å². The summed E-state index contributed by atoms with van der Waals surface area (Å²) >= 11 is 0.875. The van der Waals surface area contributed by atoms with Gasteiger partial charge in [0.05, 0.1) is 23.1 Å². The molecule has 4 aromatic rings. The van der Waals surface area contributed by atoms with Gasteiger partial charge in [0.1, 0.15) is 5.56 Å². The summed E-state index contributed by atoms with van der Waals surface area (Å²) in [7, 11) is -3.64. The Hall–Kier alpha value is -3.77. The number of nitrogens with two attached hydrogens (primary N) is 2. The first-order chi connectivity index (χ1) is 17.3. The summed E-state index contributed by atoms with van der Waals surface area (Å²) in [6.45, 7) is 2.71. The van der Waals surface area contributed by atoms with Crippen LogP contribution in [0.15, 0.2) is 34.7 Å². The number of anilines is 1. The van der Waals surface area contributed by atoms with Crippen LogP contribution in [0.25, 0.3) is 16.9 Å². The van der Waals surface area contributed by atoms with E-state index in [-0.39, 0.29) is 26.2 Å². The minimum atomic E-state index is -4.89. The molecule has 0 aliphatic carbocycles. The number of aryl methyl sites for hydroxylation is 2. The summed E-state index contributed by atoms with van der Waals surface area (Å²) in [4.78, 5) is 18.8. The van der Waals surface area contributed by atoms with E-state index in [0.717, 1.165) is 42.7 Å². The molecule has 10 nitrogen and oxygen atoms in total. The zero-order valence-electron chi connectivity index (χ0n) is 19.1. The number of aromatic carboxylic acids is 1. The third-order valence-electron chi connectivity index (χ3n) is 4.85. The number of rotatable bonds is 3. The van der Waals surface area contributed by atoms with Gasteiger partial charge in [-0.05, 0) is 37.6 Å². The van der Waals surface area contributed by atoms with Crippen LogP contribution in [-0.4, -0.2) is 39.1 Å². The Balaban J connectivity index is 0.000000304. The highest BCUT2D eigenvalue weighted by Crippen LogP contribution is 2.36. The largest absolute Gasteiger partial charge is 0.477 e. The number of fused-ring (bicyclic) bond motifs is 1. The van der Waals surface area contributed by atoms with Crippen LogP contribution >= 0.6 is 11.3 Å². The van der Waals surface area contributed by atoms with Crippen LogP contribution in [0.2, 0.25) is 0 Å². The van der Waals surface area contributed by atoms with Gasteiger partial charge in [-0.25, -0.2) is 32.8 Å². The van der Waals surface area contributed by atoms with Crippen molar-refractivity contribution in [2.45, 2.75) is 30.4 Å². The second kappa shape index (κ2) is 9.84. The van der Waals surface area contributed by atoms with E-state index in [0.29, 0.717) is 16.3 Å². The van der Waals surface area contributed by atoms with E-state index in [1.165, 1.54) is 0 Å². The maximum Gasteiger partial charge on any atom is 0.433 e. The lowest BCUT2D eigenvalue weighted by molar-refractivity contribution is -0.142. The van der Waals surface area contributed by atoms with Crippen molar-refractivity contribution in [2.24, 2.45) is 5.14 Å². The SMILES string of the molecule is Cc1cc(-c2cc(C(F)(F)F)n3ncc(C(=O)O)c3n2)ccc1C(F)(F)F.Cc1nc(N)sc1S(N)(=O)=O. The van der Waals surface area contributed by atoms with Crippen LogP contribution in [0.4, 0.5) is 31.5 Å². The fraction of sp³-hybridized carbons (Fsp3) is 0.200. The van der Waals surface area contributed by atoms with E-state index in [1.54, 1.807) is 6.92 Å². The van der Waals surface area contributed by atoms with Crippen molar-refractivity contribution in [1.82, 2.24) is 19.6 Å². The molecule has 0 amide bonds. The molecule has 5 N–H and O–H groups in total. The number of halogens is 6. The number of alkyl halides is 6. The highest BCUT2D eigenvalue weighted by molar-refractivity contribution is 7.91. The topological polar surface area (TPSA) is 167 Å². The molecule has 0 radical (unpaired) electrons. The molecule has 0 spiro atoms. The molecule has 3 aromatic heterocycles. The number of aromatic nitrogens is 4. The number of nitrogens with zero attached hydrogens (tertiary/aromatic N) is 4. The van der Waals surface area contributed by atoms with Crippen molar-refractivity contribution in [3.63, 3.8) is 0 Å². The van der Waals surface area contributed by atoms with Gasteiger partial charge in [0.25, 0.3) is 0 Å². The minimum absolute atomic E-state index is 0.0222. The van der Waals surface area contributed by atoms with E-state index in [9.17, 15) is 39.6 Å². The first-order valence-electron chi connectivity index (χ1n) is 9.94. The van der Waals surface area contributed by atoms with Crippen LogP contribution in [0.1, 0.15) is 32.9 Å². The molecule has 0 unspecified atom stereocenters. The van der Waals surface area contributed by atoms with Crippen molar-refractivity contribution in [3.8, 4) is 11.3 Å². The molecule has 18 heteroatoms. The molecular weight excluding hydrogens is 566 g/mol. The predicted molar refractivity (Wildman–Crippen MR) is 123 cm³/mol. The molecule has 0 aliphatic heterocycles. The maximum atomic E-state index is 13.3. The fourth-order valence-corrected chi connectivity index (χ4v) is 5.02. The van der Waals surface area contributed by atoms with Gasteiger partial charge >= 0.3 is 18.3 Å². The van der Waals surface area contributed by atoms with E-state index in [2.05, 4.69) is 15.1 Å². The zero-order chi connectivity index (χ0) is 28.8. The van der Waals surface area contributed by atoms with Crippen LogP contribution in [0.3, 0.4) is 0 Å². The summed E-state index contributed by atoms with van der Waals surface area (Å²) in [5.41, 5.74) is 1.71. The van der Waals surface area contributed by atoms with Gasteiger partial charge in [-0.3, -0.25) is 0 Å². The normalized spacial score (nSPS) is 12.3. The van der Waals surface area contributed by atoms with Crippen molar-refractivity contribution in [2.75, 3.05) is 5.73 Å². The molecule has 0 atom stereocenters. The van der Waals surface area contributed by atoms with Gasteiger partial charge in [-0.15, -0.1) is 0 Å². The lowest BCUT2D eigenvalue weighted by atomic mass is 10.0. The summed E-state index contributed by atoms with van der Waals surface area (Å²) in [6, 6.07) is 3.36. The van der Waals surface area contributed by atoms with Crippen LogP contribution in [0, 0.1) is 13.8 Å². The average molecular weight is 583 g/mol. The van der Waals surface area contributed by atoms with Crippen molar-refractivity contribution < 1.29 is 44.7 Å². The second-order valence-corrected chi connectivity index (χ2v) is 10.4. The number of nitrogen functional groups attached to an aromatic ring is 1. The Morgan fingerprint density at radius 3 is 2.11 bits per heavy atom. The van der Waals surface area contributed by atoms with Gasteiger partial charge < -0.3 is 10.8 Å². The monoisotopic (exact) mass is 582 g/mol. The Bertz CT molecular complexity index is 1640. The van der Waals surface area contributed by atoms with Gasteiger partial charge in [0.2, 0.25) is 10.0 Å². The van der Waals surface area contributed by atoms with E-state index in [1.807, 2.05) is 0 Å². The van der Waals surface area contributed by atoms with E-state index in [4.69, 9.17) is 16.0 Å². The first kappa shape index (κ1) is 28.8. The third-order valence-corrected chi connectivity index (χ3v) is 7.39. The number of primary sulfonamides is 1. The van der Waals surface area contributed by atoms with Gasteiger partial charge in [-0.2, -0.15) is 31.4 Å². The Kier molecular flexibility index (Phi) is 7.46. The standard InChI is InChI=1S/C16H9F6N3O2.C4H7N3O2S2/c1-7-4-8(2-3-10(7)15(17,18)19)11-5-12(16(20,21)22)25-13(24-11)9(6-23-25)14(26)27;1-2-3(11(6,8)9)10-4(5)7-2/h2-6H,1H3,(H,26,27);1H3,(H2,5,7)(H2,6,8,9). The lowest BCUT2D eigenvalue weighted by Gasteiger charge is -2.13. The van der Waals surface area contributed by atoms with Gasteiger partial charge in [0, 0.05) is 5.56 Å². The van der Waals surface area contributed by atoms with Gasteiger partial charge in [-0.1, -0.05) is 17.4 Å². The number of carboxylic acid groups (broad SMARTS) is 1. The maximum absolute atomic E-state index is 13.3. The average Bonchev–Trinajstić information content (AvgIpc) is 3.34. The van der Waals surface area contributed by atoms with Crippen LogP contribution in [-0.2, 0) is 22.4 Å². The summed E-state index contributed by atoms with van der Waals surface area (Å²) in [5, 5.41) is 17.6. The Morgan fingerprint density at radius 2 is 1.68 bits per heavy atom. The number of carbonyl (C=O) groups is 1. The molecule has 38 heavy (non-hydrogen) atoms. The number of carboxylic acids is 1. The van der Waals surface area contributed by atoms with Crippen molar-refractivity contribution >= 4 is 38.1 Å². The molecular formula is C20H16F6N6O4S2. The summed E-state index contributed by atoms with van der Waals surface area (Å²) in [5.74, 6) is -1.54. The summed E-state index contributed by atoms with van der Waals surface area (Å²) in [6.07, 6.45) is -8.78.